The fourth-order valence-electron chi connectivity index (χ4n) is 2.79. The number of benzene rings is 1. The summed E-state index contributed by atoms with van der Waals surface area (Å²) in [5.41, 5.74) is 3.14. The molecule has 22 heavy (non-hydrogen) atoms. The van der Waals surface area contributed by atoms with Crippen molar-refractivity contribution in [2.75, 3.05) is 27.2 Å². The number of carbonyl (C=O) groups excluding carboxylic acids is 1. The van der Waals surface area contributed by atoms with Crippen molar-refractivity contribution in [2.45, 2.75) is 19.5 Å². The highest BCUT2D eigenvalue weighted by molar-refractivity contribution is 5.94. The Hall–Kier alpha value is -2.14. The molecule has 1 aromatic heterocycles. The van der Waals surface area contributed by atoms with Crippen LogP contribution < -0.4 is 0 Å². The molecule has 1 fully saturated rings. The number of nitrogens with zero attached hydrogens (tertiary/aromatic N) is 4. The van der Waals surface area contributed by atoms with Gasteiger partial charge in [0.1, 0.15) is 0 Å². The van der Waals surface area contributed by atoms with E-state index in [-0.39, 0.29) is 5.91 Å². The minimum absolute atomic E-state index is 0.0513. The average Bonchev–Trinajstić information content (AvgIpc) is 2.88. The predicted octanol–water partition coefficient (Wildman–Crippen LogP) is 1.95. The van der Waals surface area contributed by atoms with Gasteiger partial charge >= 0.3 is 0 Å². The fraction of sp³-hybridized carbons (Fsp3) is 0.412. The summed E-state index contributed by atoms with van der Waals surface area (Å²) in [7, 11) is 3.56. The number of amides is 1. The number of rotatable bonds is 4. The quantitative estimate of drug-likeness (QED) is 0.866. The Kier molecular flexibility index (Phi) is 3.98. The highest BCUT2D eigenvalue weighted by Crippen LogP contribution is 2.23. The molecule has 1 aliphatic heterocycles. The molecular weight excluding hydrogens is 276 g/mol. The largest absolute Gasteiger partial charge is 0.345 e. The van der Waals surface area contributed by atoms with Gasteiger partial charge in [0, 0.05) is 45.5 Å². The molecule has 0 unspecified atom stereocenters. The van der Waals surface area contributed by atoms with Crippen molar-refractivity contribution in [3.05, 3.63) is 53.3 Å². The zero-order valence-corrected chi connectivity index (χ0v) is 13.4. The summed E-state index contributed by atoms with van der Waals surface area (Å²) in [6, 6.07) is 8.38. The normalized spacial score (nSPS) is 15.6. The first kappa shape index (κ1) is 14.8. The molecule has 0 spiro atoms. The second-order valence-corrected chi connectivity index (χ2v) is 6.25. The Bertz CT molecular complexity index is 671. The number of carbonyl (C=O) groups is 1. The second-order valence-electron chi connectivity index (χ2n) is 6.25. The molecule has 5 heteroatoms. The van der Waals surface area contributed by atoms with Crippen LogP contribution in [0.4, 0.5) is 0 Å². The lowest BCUT2D eigenvalue weighted by Crippen LogP contribution is -2.47. The average molecular weight is 298 g/mol. The summed E-state index contributed by atoms with van der Waals surface area (Å²) >= 11 is 0. The molecular formula is C17H22N4O. The number of likely N-dealkylation sites (tertiary alicyclic amines) is 1. The highest BCUT2D eigenvalue weighted by Gasteiger charge is 2.28. The molecule has 5 nitrogen and oxygen atoms in total. The molecule has 1 aromatic carbocycles. The lowest BCUT2D eigenvalue weighted by atomic mass is 10.1. The van der Waals surface area contributed by atoms with E-state index in [2.05, 4.69) is 33.9 Å². The van der Waals surface area contributed by atoms with Crippen LogP contribution in [-0.2, 0) is 6.54 Å². The molecule has 0 bridgehead atoms. The van der Waals surface area contributed by atoms with Gasteiger partial charge in [-0.2, -0.15) is 5.10 Å². The molecule has 1 aliphatic rings. The van der Waals surface area contributed by atoms with Crippen molar-refractivity contribution >= 4 is 5.91 Å². The smallest absolute Gasteiger partial charge is 0.253 e. The van der Waals surface area contributed by atoms with Crippen LogP contribution in [0.15, 0.2) is 36.7 Å². The molecule has 2 heterocycles. The minimum Gasteiger partial charge on any atom is -0.345 e. The third-order valence-electron chi connectivity index (χ3n) is 4.03. The van der Waals surface area contributed by atoms with Gasteiger partial charge in [-0.05, 0) is 30.2 Å². The number of aryl methyl sites for hydroxylation is 1. The first-order valence-corrected chi connectivity index (χ1v) is 7.56. The van der Waals surface area contributed by atoms with Gasteiger partial charge < -0.3 is 4.90 Å². The van der Waals surface area contributed by atoms with Crippen LogP contribution in [0, 0.1) is 6.92 Å². The van der Waals surface area contributed by atoms with Crippen molar-refractivity contribution in [1.82, 2.24) is 19.6 Å². The van der Waals surface area contributed by atoms with Crippen LogP contribution in [-0.4, -0.2) is 52.7 Å². The molecule has 0 aliphatic carbocycles. The van der Waals surface area contributed by atoms with Crippen LogP contribution in [0.5, 0.6) is 0 Å². The van der Waals surface area contributed by atoms with Crippen LogP contribution >= 0.6 is 0 Å². The Morgan fingerprint density at radius 1 is 1.36 bits per heavy atom. The van der Waals surface area contributed by atoms with E-state index in [1.165, 1.54) is 11.1 Å². The maximum Gasteiger partial charge on any atom is 0.253 e. The van der Waals surface area contributed by atoms with Gasteiger partial charge in [-0.1, -0.05) is 12.1 Å². The van der Waals surface area contributed by atoms with E-state index in [0.717, 1.165) is 25.2 Å². The van der Waals surface area contributed by atoms with E-state index in [0.29, 0.717) is 6.04 Å². The van der Waals surface area contributed by atoms with Crippen LogP contribution in [0.25, 0.3) is 0 Å². The molecule has 116 valence electrons. The monoisotopic (exact) mass is 298 g/mol. The predicted molar refractivity (Wildman–Crippen MR) is 85.7 cm³/mol. The topological polar surface area (TPSA) is 41.4 Å². The van der Waals surface area contributed by atoms with Gasteiger partial charge in [0.15, 0.2) is 0 Å². The van der Waals surface area contributed by atoms with Gasteiger partial charge in [-0.3, -0.25) is 14.4 Å². The molecule has 0 N–H and O–H groups in total. The van der Waals surface area contributed by atoms with Gasteiger partial charge in [0.05, 0.1) is 12.2 Å². The van der Waals surface area contributed by atoms with E-state index in [9.17, 15) is 4.79 Å². The highest BCUT2D eigenvalue weighted by atomic mass is 16.2. The van der Waals surface area contributed by atoms with E-state index >= 15 is 0 Å². The summed E-state index contributed by atoms with van der Waals surface area (Å²) in [5, 5.41) is 4.38. The van der Waals surface area contributed by atoms with Crippen LogP contribution in [0.2, 0.25) is 0 Å². The summed E-state index contributed by atoms with van der Waals surface area (Å²) in [6.45, 7) is 4.96. The first-order valence-electron chi connectivity index (χ1n) is 7.56. The standard InChI is InChI=1S/C17H22N4O/c1-13-8-18-21(9-13)16-11-20(12-16)10-14-5-4-6-15(7-14)17(22)19(2)3/h4-9,16H,10-12H2,1-3H3. The lowest BCUT2D eigenvalue weighted by Gasteiger charge is -2.39. The molecule has 0 radical (unpaired) electrons. The van der Waals surface area contributed by atoms with E-state index in [1.807, 2.05) is 24.4 Å². The maximum atomic E-state index is 12.0. The fourth-order valence-corrected chi connectivity index (χ4v) is 2.79. The summed E-state index contributed by atoms with van der Waals surface area (Å²) in [4.78, 5) is 16.0. The summed E-state index contributed by atoms with van der Waals surface area (Å²) < 4.78 is 2.05. The molecule has 1 amide bonds. The number of hydrogen-bond acceptors (Lipinski definition) is 3. The van der Waals surface area contributed by atoms with Crippen LogP contribution in [0.1, 0.15) is 27.5 Å². The molecule has 3 rings (SSSR count). The lowest BCUT2D eigenvalue weighted by molar-refractivity contribution is 0.0825. The van der Waals surface area contributed by atoms with Gasteiger partial charge in [-0.25, -0.2) is 0 Å². The first-order chi connectivity index (χ1) is 10.5. The Balaban J connectivity index is 1.59. The van der Waals surface area contributed by atoms with Gasteiger partial charge in [0.25, 0.3) is 5.91 Å². The summed E-state index contributed by atoms with van der Waals surface area (Å²) in [5.74, 6) is 0.0513. The number of hydrogen-bond donors (Lipinski definition) is 0. The molecule has 0 saturated carbocycles. The SMILES string of the molecule is Cc1cnn(C2CN(Cc3cccc(C(=O)N(C)C)c3)C2)c1. The van der Waals surface area contributed by atoms with E-state index in [4.69, 9.17) is 0 Å². The number of aromatic nitrogens is 2. The van der Waals surface area contributed by atoms with Crippen molar-refractivity contribution in [1.29, 1.82) is 0 Å². The van der Waals surface area contributed by atoms with Crippen molar-refractivity contribution in [2.24, 2.45) is 0 Å². The molecule has 0 atom stereocenters. The maximum absolute atomic E-state index is 12.0. The Morgan fingerprint density at radius 3 is 2.77 bits per heavy atom. The zero-order chi connectivity index (χ0) is 15.7. The molecule has 2 aromatic rings. The summed E-state index contributed by atoms with van der Waals surface area (Å²) in [6.07, 6.45) is 4.00. The third kappa shape index (κ3) is 3.04. The van der Waals surface area contributed by atoms with E-state index < -0.39 is 0 Å². The van der Waals surface area contributed by atoms with Crippen LogP contribution in [0.3, 0.4) is 0 Å². The van der Waals surface area contributed by atoms with Gasteiger partial charge in [-0.15, -0.1) is 0 Å². The third-order valence-corrected chi connectivity index (χ3v) is 4.03. The Labute approximate surface area is 131 Å². The Morgan fingerprint density at radius 2 is 2.14 bits per heavy atom. The van der Waals surface area contributed by atoms with Crippen molar-refractivity contribution < 1.29 is 4.79 Å². The van der Waals surface area contributed by atoms with Gasteiger partial charge in [0.2, 0.25) is 0 Å². The second kappa shape index (κ2) is 5.93. The van der Waals surface area contributed by atoms with Crippen molar-refractivity contribution in [3.8, 4) is 0 Å². The minimum atomic E-state index is 0.0513. The molecule has 1 saturated heterocycles. The van der Waals surface area contributed by atoms with Crippen molar-refractivity contribution in [3.63, 3.8) is 0 Å². The van der Waals surface area contributed by atoms with E-state index in [1.54, 1.807) is 19.0 Å². The zero-order valence-electron chi connectivity index (χ0n) is 13.4.